The zero-order valence-corrected chi connectivity index (χ0v) is 14.1. The summed E-state index contributed by atoms with van der Waals surface area (Å²) in [5, 5.41) is 6.53. The van der Waals surface area contributed by atoms with E-state index in [0.29, 0.717) is 25.6 Å². The first kappa shape index (κ1) is 16.9. The second-order valence-corrected chi connectivity index (χ2v) is 5.46. The number of benzene rings is 1. The Bertz CT molecular complexity index is 780. The molecule has 0 atom stereocenters. The van der Waals surface area contributed by atoms with Crippen LogP contribution in [0.3, 0.4) is 0 Å². The van der Waals surface area contributed by atoms with Gasteiger partial charge in [0.2, 0.25) is 5.95 Å². The van der Waals surface area contributed by atoms with Crippen molar-refractivity contribution in [2.45, 2.75) is 6.54 Å². The lowest BCUT2D eigenvalue weighted by Gasteiger charge is -2.11. The van der Waals surface area contributed by atoms with E-state index in [1.165, 1.54) is 0 Å². The summed E-state index contributed by atoms with van der Waals surface area (Å²) < 4.78 is 5.07. The summed E-state index contributed by atoms with van der Waals surface area (Å²) in [6.07, 6.45) is 3.60. The Hall–Kier alpha value is -2.99. The van der Waals surface area contributed by atoms with Crippen molar-refractivity contribution >= 4 is 11.8 Å². The van der Waals surface area contributed by atoms with Gasteiger partial charge in [-0.05, 0) is 11.6 Å². The largest absolute Gasteiger partial charge is 0.383 e. The fraction of sp³-hybridized carbons (Fsp3) is 0.211. The third kappa shape index (κ3) is 4.99. The van der Waals surface area contributed by atoms with E-state index in [0.717, 1.165) is 22.6 Å². The van der Waals surface area contributed by atoms with Gasteiger partial charge in [-0.15, -0.1) is 0 Å². The number of pyridine rings is 1. The van der Waals surface area contributed by atoms with Crippen LogP contribution in [0.4, 0.5) is 11.8 Å². The van der Waals surface area contributed by atoms with Crippen molar-refractivity contribution in [1.29, 1.82) is 0 Å². The molecule has 0 radical (unpaired) electrons. The Morgan fingerprint density at radius 2 is 1.88 bits per heavy atom. The quantitative estimate of drug-likeness (QED) is 0.616. The Labute approximate surface area is 147 Å². The first-order valence-electron chi connectivity index (χ1n) is 8.15. The van der Waals surface area contributed by atoms with Crippen LogP contribution >= 0.6 is 0 Å². The molecule has 2 heterocycles. The molecule has 0 unspecified atom stereocenters. The molecule has 3 rings (SSSR count). The Morgan fingerprint density at radius 3 is 2.64 bits per heavy atom. The molecule has 0 bridgehead atoms. The van der Waals surface area contributed by atoms with E-state index in [2.05, 4.69) is 25.6 Å². The van der Waals surface area contributed by atoms with Gasteiger partial charge in [-0.25, -0.2) is 4.98 Å². The first-order valence-corrected chi connectivity index (χ1v) is 8.15. The summed E-state index contributed by atoms with van der Waals surface area (Å²) in [5.74, 6) is 1.34. The van der Waals surface area contributed by atoms with E-state index >= 15 is 0 Å². The van der Waals surface area contributed by atoms with Crippen LogP contribution in [-0.4, -0.2) is 35.2 Å². The summed E-state index contributed by atoms with van der Waals surface area (Å²) in [7, 11) is 1.67. The van der Waals surface area contributed by atoms with Gasteiger partial charge in [0, 0.05) is 44.2 Å². The third-order valence-corrected chi connectivity index (χ3v) is 3.58. The first-order chi connectivity index (χ1) is 12.3. The summed E-state index contributed by atoms with van der Waals surface area (Å²) in [6.45, 7) is 1.89. The molecule has 0 aliphatic heterocycles. The van der Waals surface area contributed by atoms with Crippen LogP contribution in [0.25, 0.3) is 11.3 Å². The maximum absolute atomic E-state index is 5.07. The molecule has 0 amide bonds. The van der Waals surface area contributed by atoms with Crippen molar-refractivity contribution in [3.05, 3.63) is 66.5 Å². The van der Waals surface area contributed by atoms with Crippen LogP contribution in [0.1, 0.15) is 5.56 Å². The smallest absolute Gasteiger partial charge is 0.225 e. The molecular formula is C19H21N5O. The highest BCUT2D eigenvalue weighted by Gasteiger charge is 2.07. The van der Waals surface area contributed by atoms with Gasteiger partial charge < -0.3 is 15.4 Å². The molecule has 0 fully saturated rings. The van der Waals surface area contributed by atoms with Crippen molar-refractivity contribution in [1.82, 2.24) is 15.0 Å². The van der Waals surface area contributed by atoms with Crippen molar-refractivity contribution in [3.8, 4) is 11.3 Å². The number of nitrogens with zero attached hydrogens (tertiary/aromatic N) is 3. The number of aromatic nitrogens is 3. The Morgan fingerprint density at radius 1 is 1.00 bits per heavy atom. The molecular weight excluding hydrogens is 314 g/mol. The van der Waals surface area contributed by atoms with E-state index in [4.69, 9.17) is 4.74 Å². The van der Waals surface area contributed by atoms with Crippen LogP contribution in [-0.2, 0) is 11.3 Å². The van der Waals surface area contributed by atoms with Crippen molar-refractivity contribution < 1.29 is 4.74 Å². The van der Waals surface area contributed by atoms with Crippen molar-refractivity contribution in [2.75, 3.05) is 30.9 Å². The lowest BCUT2D eigenvalue weighted by Crippen LogP contribution is -2.12. The van der Waals surface area contributed by atoms with E-state index < -0.39 is 0 Å². The van der Waals surface area contributed by atoms with Crippen molar-refractivity contribution in [2.24, 2.45) is 0 Å². The molecule has 0 saturated carbocycles. The fourth-order valence-electron chi connectivity index (χ4n) is 2.33. The third-order valence-electron chi connectivity index (χ3n) is 3.58. The monoisotopic (exact) mass is 335 g/mol. The highest BCUT2D eigenvalue weighted by Crippen LogP contribution is 2.21. The molecule has 0 spiro atoms. The molecule has 25 heavy (non-hydrogen) atoms. The van der Waals surface area contributed by atoms with Crippen LogP contribution in [0.5, 0.6) is 0 Å². The molecule has 6 heteroatoms. The minimum atomic E-state index is 0.576. The van der Waals surface area contributed by atoms with Gasteiger partial charge in [0.25, 0.3) is 0 Å². The van der Waals surface area contributed by atoms with E-state index in [-0.39, 0.29) is 0 Å². The minimum absolute atomic E-state index is 0.576. The van der Waals surface area contributed by atoms with Gasteiger partial charge in [0.1, 0.15) is 5.82 Å². The predicted molar refractivity (Wildman–Crippen MR) is 99.4 cm³/mol. The zero-order chi connectivity index (χ0) is 17.3. The number of rotatable bonds is 8. The molecule has 2 N–H and O–H groups in total. The molecule has 6 nitrogen and oxygen atoms in total. The number of anilines is 2. The van der Waals surface area contributed by atoms with Crippen LogP contribution in [0.15, 0.2) is 60.9 Å². The Balaban J connectivity index is 1.81. The maximum Gasteiger partial charge on any atom is 0.225 e. The van der Waals surface area contributed by atoms with Gasteiger partial charge >= 0.3 is 0 Å². The van der Waals surface area contributed by atoms with Crippen molar-refractivity contribution in [3.63, 3.8) is 0 Å². The Kier molecular flexibility index (Phi) is 5.90. The van der Waals surface area contributed by atoms with Gasteiger partial charge in [-0.2, -0.15) is 4.98 Å². The number of hydrogen-bond donors (Lipinski definition) is 2. The summed E-state index contributed by atoms with van der Waals surface area (Å²) in [5.41, 5.74) is 3.00. The normalized spacial score (nSPS) is 10.4. The highest BCUT2D eigenvalue weighted by molar-refractivity contribution is 5.64. The average Bonchev–Trinajstić information content (AvgIpc) is 2.68. The molecule has 1 aromatic carbocycles. The number of methoxy groups -OCH3 is 1. The number of ether oxygens (including phenoxy) is 1. The predicted octanol–water partition coefficient (Wildman–Crippen LogP) is 3.21. The maximum atomic E-state index is 5.07. The van der Waals surface area contributed by atoms with Gasteiger partial charge in [-0.1, -0.05) is 36.4 Å². The zero-order valence-electron chi connectivity index (χ0n) is 14.1. The molecule has 0 aliphatic rings. The van der Waals surface area contributed by atoms with E-state index in [9.17, 15) is 0 Å². The summed E-state index contributed by atoms with van der Waals surface area (Å²) >= 11 is 0. The highest BCUT2D eigenvalue weighted by atomic mass is 16.5. The van der Waals surface area contributed by atoms with Crippen LogP contribution < -0.4 is 10.6 Å². The number of nitrogens with one attached hydrogen (secondary N) is 2. The molecule has 0 saturated heterocycles. The lowest BCUT2D eigenvalue weighted by molar-refractivity contribution is 0.210. The molecule has 2 aromatic heterocycles. The topological polar surface area (TPSA) is 72.0 Å². The van der Waals surface area contributed by atoms with E-state index in [1.807, 2.05) is 54.7 Å². The van der Waals surface area contributed by atoms with Gasteiger partial charge in [-0.3, -0.25) is 4.98 Å². The average molecular weight is 335 g/mol. The molecule has 3 aromatic rings. The standard InChI is InChI=1S/C19H21N5O/c1-25-11-10-21-19-23-17(16-7-3-2-4-8-16)12-18(24-19)22-14-15-6-5-9-20-13-15/h2-9,12-13H,10-11,14H2,1H3,(H2,21,22,23,24). The second-order valence-electron chi connectivity index (χ2n) is 5.46. The SMILES string of the molecule is COCCNc1nc(NCc2cccnc2)cc(-c2ccccc2)n1. The van der Waals surface area contributed by atoms with E-state index in [1.54, 1.807) is 13.3 Å². The number of hydrogen-bond acceptors (Lipinski definition) is 6. The van der Waals surface area contributed by atoms with Gasteiger partial charge in [0.05, 0.1) is 12.3 Å². The lowest BCUT2D eigenvalue weighted by atomic mass is 10.1. The second kappa shape index (κ2) is 8.75. The van der Waals surface area contributed by atoms with Crippen LogP contribution in [0, 0.1) is 0 Å². The summed E-state index contributed by atoms with van der Waals surface area (Å²) in [6, 6.07) is 16.0. The minimum Gasteiger partial charge on any atom is -0.383 e. The summed E-state index contributed by atoms with van der Waals surface area (Å²) in [4.78, 5) is 13.3. The van der Waals surface area contributed by atoms with Crippen LogP contribution in [0.2, 0.25) is 0 Å². The molecule has 128 valence electrons. The van der Waals surface area contributed by atoms with Gasteiger partial charge in [0.15, 0.2) is 0 Å². The fourth-order valence-corrected chi connectivity index (χ4v) is 2.33. The molecule has 0 aliphatic carbocycles.